The van der Waals surface area contributed by atoms with E-state index >= 15 is 0 Å². The van der Waals surface area contributed by atoms with Crippen molar-refractivity contribution in [1.29, 1.82) is 0 Å². The number of pyridine rings is 1. The fourth-order valence-corrected chi connectivity index (χ4v) is 1.01. The van der Waals surface area contributed by atoms with Crippen molar-refractivity contribution in [1.82, 2.24) is 4.98 Å². The van der Waals surface area contributed by atoms with Crippen LogP contribution in [0, 0.1) is 5.92 Å². The van der Waals surface area contributed by atoms with Crippen LogP contribution in [0.2, 0.25) is 0 Å². The number of hydrogen-bond acceptors (Lipinski definition) is 3. The number of carbonyl (C=O) groups excluding carboxylic acids is 1. The maximum atomic E-state index is 11.6. The molecule has 1 aromatic heterocycles. The predicted molar refractivity (Wildman–Crippen MR) is 49.7 cm³/mol. The standard InChI is InChI=1S/C10H13NO2/c1-3-7(2)10(13)9-8(12)5-4-6-11-9/h4-7,12H,3H2,1-2H3. The minimum absolute atomic E-state index is 0.0344. The molecule has 1 unspecified atom stereocenters. The Morgan fingerprint density at radius 1 is 1.69 bits per heavy atom. The maximum absolute atomic E-state index is 11.6. The number of carbonyl (C=O) groups is 1. The molecule has 0 spiro atoms. The summed E-state index contributed by atoms with van der Waals surface area (Å²) in [7, 11) is 0. The second-order valence-corrected chi connectivity index (χ2v) is 3.04. The smallest absolute Gasteiger partial charge is 0.187 e. The van der Waals surface area contributed by atoms with Gasteiger partial charge in [-0.05, 0) is 18.6 Å². The lowest BCUT2D eigenvalue weighted by molar-refractivity contribution is 0.0919. The zero-order valence-corrected chi connectivity index (χ0v) is 7.82. The molecule has 0 amide bonds. The first kappa shape index (κ1) is 9.71. The van der Waals surface area contributed by atoms with Crippen LogP contribution in [0.25, 0.3) is 0 Å². The Hall–Kier alpha value is -1.38. The molecule has 0 saturated carbocycles. The van der Waals surface area contributed by atoms with Crippen molar-refractivity contribution >= 4 is 5.78 Å². The molecule has 3 heteroatoms. The molecule has 0 fully saturated rings. The lowest BCUT2D eigenvalue weighted by Gasteiger charge is -2.07. The van der Waals surface area contributed by atoms with Crippen LogP contribution in [-0.4, -0.2) is 15.9 Å². The monoisotopic (exact) mass is 179 g/mol. The predicted octanol–water partition coefficient (Wildman–Crippen LogP) is 2.02. The summed E-state index contributed by atoms with van der Waals surface area (Å²) in [6.45, 7) is 3.76. The fraction of sp³-hybridized carbons (Fsp3) is 0.400. The van der Waals surface area contributed by atoms with Gasteiger partial charge in [0.25, 0.3) is 0 Å². The van der Waals surface area contributed by atoms with Gasteiger partial charge in [0, 0.05) is 12.1 Å². The summed E-state index contributed by atoms with van der Waals surface area (Å²) in [6.07, 6.45) is 2.27. The first-order valence-electron chi connectivity index (χ1n) is 4.35. The molecule has 13 heavy (non-hydrogen) atoms. The van der Waals surface area contributed by atoms with Crippen LogP contribution in [0.1, 0.15) is 30.8 Å². The van der Waals surface area contributed by atoms with E-state index in [0.29, 0.717) is 0 Å². The third kappa shape index (κ3) is 2.05. The third-order valence-electron chi connectivity index (χ3n) is 2.08. The van der Waals surface area contributed by atoms with Crippen molar-refractivity contribution in [3.05, 3.63) is 24.0 Å². The van der Waals surface area contributed by atoms with Crippen LogP contribution in [0.3, 0.4) is 0 Å². The van der Waals surface area contributed by atoms with E-state index in [4.69, 9.17) is 0 Å². The molecule has 0 aromatic carbocycles. The Morgan fingerprint density at radius 2 is 2.38 bits per heavy atom. The van der Waals surface area contributed by atoms with Gasteiger partial charge >= 0.3 is 0 Å². The number of rotatable bonds is 3. The van der Waals surface area contributed by atoms with Gasteiger partial charge in [-0.2, -0.15) is 0 Å². The average molecular weight is 179 g/mol. The van der Waals surface area contributed by atoms with E-state index in [9.17, 15) is 9.90 Å². The number of nitrogens with zero attached hydrogens (tertiary/aromatic N) is 1. The van der Waals surface area contributed by atoms with Crippen molar-refractivity contribution in [2.75, 3.05) is 0 Å². The van der Waals surface area contributed by atoms with Gasteiger partial charge in [0.1, 0.15) is 11.4 Å². The molecule has 0 aliphatic carbocycles. The van der Waals surface area contributed by atoms with Crippen molar-refractivity contribution in [2.24, 2.45) is 5.92 Å². The van der Waals surface area contributed by atoms with E-state index in [-0.39, 0.29) is 23.1 Å². The van der Waals surface area contributed by atoms with Gasteiger partial charge in [0.2, 0.25) is 0 Å². The summed E-state index contributed by atoms with van der Waals surface area (Å²) < 4.78 is 0. The quantitative estimate of drug-likeness (QED) is 0.722. The molecule has 0 radical (unpaired) electrons. The van der Waals surface area contributed by atoms with Gasteiger partial charge in [0.05, 0.1) is 0 Å². The number of aromatic nitrogens is 1. The number of Topliss-reactive ketones (excluding diaryl/α,β-unsaturated/α-hetero) is 1. The highest BCUT2D eigenvalue weighted by molar-refractivity contribution is 5.98. The van der Waals surface area contributed by atoms with Crippen molar-refractivity contribution < 1.29 is 9.90 Å². The Bertz CT molecular complexity index is 310. The Labute approximate surface area is 77.4 Å². The van der Waals surface area contributed by atoms with Gasteiger partial charge in [-0.1, -0.05) is 13.8 Å². The van der Waals surface area contributed by atoms with Crippen molar-refractivity contribution in [3.8, 4) is 5.75 Å². The van der Waals surface area contributed by atoms with Gasteiger partial charge in [-0.15, -0.1) is 0 Å². The molecule has 0 aliphatic heterocycles. The molecule has 0 aliphatic rings. The van der Waals surface area contributed by atoms with E-state index in [1.807, 2.05) is 13.8 Å². The first-order chi connectivity index (χ1) is 6.16. The summed E-state index contributed by atoms with van der Waals surface area (Å²) >= 11 is 0. The topological polar surface area (TPSA) is 50.2 Å². The molecule has 1 aromatic rings. The normalized spacial score (nSPS) is 12.5. The van der Waals surface area contributed by atoms with Crippen LogP contribution >= 0.6 is 0 Å². The van der Waals surface area contributed by atoms with E-state index in [1.54, 1.807) is 6.07 Å². The molecular formula is C10H13NO2. The molecule has 1 heterocycles. The molecule has 1 atom stereocenters. The first-order valence-corrected chi connectivity index (χ1v) is 4.35. The molecule has 1 rings (SSSR count). The lowest BCUT2D eigenvalue weighted by Crippen LogP contribution is -2.11. The largest absolute Gasteiger partial charge is 0.506 e. The van der Waals surface area contributed by atoms with Crippen molar-refractivity contribution in [2.45, 2.75) is 20.3 Å². The summed E-state index contributed by atoms with van der Waals surface area (Å²) in [6, 6.07) is 3.07. The zero-order chi connectivity index (χ0) is 9.84. The zero-order valence-electron chi connectivity index (χ0n) is 7.82. The molecule has 0 bridgehead atoms. The highest BCUT2D eigenvalue weighted by Gasteiger charge is 2.17. The summed E-state index contributed by atoms with van der Waals surface area (Å²) in [5, 5.41) is 9.34. The van der Waals surface area contributed by atoms with Crippen LogP contribution < -0.4 is 0 Å². The summed E-state index contributed by atoms with van der Waals surface area (Å²) in [4.78, 5) is 15.4. The number of aromatic hydroxyl groups is 1. The lowest BCUT2D eigenvalue weighted by atomic mass is 10.0. The molecular weight excluding hydrogens is 166 g/mol. The molecule has 70 valence electrons. The van der Waals surface area contributed by atoms with E-state index < -0.39 is 0 Å². The van der Waals surface area contributed by atoms with E-state index in [0.717, 1.165) is 6.42 Å². The molecule has 3 nitrogen and oxygen atoms in total. The Kier molecular flexibility index (Phi) is 3.01. The summed E-state index contributed by atoms with van der Waals surface area (Å²) in [5.41, 5.74) is 0.178. The SMILES string of the molecule is CCC(C)C(=O)c1ncccc1O. The maximum Gasteiger partial charge on any atom is 0.187 e. The van der Waals surface area contributed by atoms with Gasteiger partial charge in [-0.25, -0.2) is 4.98 Å². The minimum Gasteiger partial charge on any atom is -0.506 e. The number of hydrogen-bond donors (Lipinski definition) is 1. The van der Waals surface area contributed by atoms with Crippen LogP contribution in [0.4, 0.5) is 0 Å². The highest BCUT2D eigenvalue weighted by atomic mass is 16.3. The second-order valence-electron chi connectivity index (χ2n) is 3.04. The Balaban J connectivity index is 2.95. The van der Waals surface area contributed by atoms with Gasteiger partial charge in [-0.3, -0.25) is 4.79 Å². The summed E-state index contributed by atoms with van der Waals surface area (Å²) in [5.74, 6) is -0.214. The van der Waals surface area contributed by atoms with Crippen LogP contribution in [-0.2, 0) is 0 Å². The number of ketones is 1. The second kappa shape index (κ2) is 4.03. The average Bonchev–Trinajstić information content (AvgIpc) is 2.16. The van der Waals surface area contributed by atoms with E-state index in [1.165, 1.54) is 12.3 Å². The fourth-order valence-electron chi connectivity index (χ4n) is 1.01. The van der Waals surface area contributed by atoms with Crippen LogP contribution in [0.15, 0.2) is 18.3 Å². The van der Waals surface area contributed by atoms with Gasteiger partial charge in [0.15, 0.2) is 5.78 Å². The highest BCUT2D eigenvalue weighted by Crippen LogP contribution is 2.18. The molecule has 1 N–H and O–H groups in total. The molecule has 0 saturated heterocycles. The van der Waals surface area contributed by atoms with Crippen molar-refractivity contribution in [3.63, 3.8) is 0 Å². The third-order valence-corrected chi connectivity index (χ3v) is 2.08. The minimum atomic E-state index is -0.0967. The Morgan fingerprint density at radius 3 is 2.92 bits per heavy atom. The van der Waals surface area contributed by atoms with Gasteiger partial charge < -0.3 is 5.11 Å². The van der Waals surface area contributed by atoms with Crippen LogP contribution in [0.5, 0.6) is 5.75 Å². The van der Waals surface area contributed by atoms with E-state index in [2.05, 4.69) is 4.98 Å².